The van der Waals surface area contributed by atoms with E-state index in [0.29, 0.717) is 17.8 Å². The van der Waals surface area contributed by atoms with E-state index in [4.69, 9.17) is 5.26 Å². The Morgan fingerprint density at radius 3 is 2.00 bits per heavy atom. The van der Waals surface area contributed by atoms with E-state index in [0.717, 1.165) is 19.3 Å². The summed E-state index contributed by atoms with van der Waals surface area (Å²) < 4.78 is 26.2. The van der Waals surface area contributed by atoms with Gasteiger partial charge in [0.1, 0.15) is 6.54 Å². The van der Waals surface area contributed by atoms with Gasteiger partial charge < -0.3 is 0 Å². The molecule has 0 aromatic carbocycles. The molecule has 4 aliphatic carbocycles. The third-order valence-corrected chi connectivity index (χ3v) is 7.78. The molecule has 0 aromatic rings. The second-order valence-corrected chi connectivity index (χ2v) is 8.96. The fourth-order valence-corrected chi connectivity index (χ4v) is 7.09. The highest BCUT2D eigenvalue weighted by Crippen LogP contribution is 2.58. The number of sulfonamides is 1. The highest BCUT2D eigenvalue weighted by molar-refractivity contribution is 7.90. The van der Waals surface area contributed by atoms with Gasteiger partial charge in [0.15, 0.2) is 0 Å². The van der Waals surface area contributed by atoms with Crippen molar-refractivity contribution < 1.29 is 8.42 Å². The minimum Gasteiger partial charge on any atom is -0.212 e. The molecule has 0 unspecified atom stereocenters. The predicted octanol–water partition coefficient (Wildman–Crippen LogP) is 1.74. The van der Waals surface area contributed by atoms with Crippen LogP contribution in [0.2, 0.25) is 0 Å². The topological polar surface area (TPSA) is 61.2 Å². The lowest BCUT2D eigenvalue weighted by Crippen LogP contribution is -2.58. The van der Waals surface area contributed by atoms with Gasteiger partial charge in [-0.25, -0.2) is 8.42 Å². The van der Waals surface area contributed by atoms with Crippen LogP contribution in [0.3, 0.4) is 0 Å². The van der Waals surface area contributed by atoms with Crippen molar-refractivity contribution in [2.45, 2.75) is 43.3 Å². The van der Waals surface area contributed by atoms with Gasteiger partial charge in [-0.05, 0) is 56.3 Å². The zero-order chi connectivity index (χ0) is 13.0. The molecule has 18 heavy (non-hydrogen) atoms. The van der Waals surface area contributed by atoms with Gasteiger partial charge in [-0.15, -0.1) is 0 Å². The third kappa shape index (κ3) is 1.62. The van der Waals surface area contributed by atoms with Crippen LogP contribution in [0.25, 0.3) is 0 Å². The Morgan fingerprint density at radius 2 is 1.61 bits per heavy atom. The Kier molecular flexibility index (Phi) is 2.73. The summed E-state index contributed by atoms with van der Waals surface area (Å²) in [6.07, 6.45) is 6.19. The summed E-state index contributed by atoms with van der Waals surface area (Å²) in [5, 5.41) is 8.73. The van der Waals surface area contributed by atoms with Crippen molar-refractivity contribution in [3.63, 3.8) is 0 Å². The number of hydrogen-bond donors (Lipinski definition) is 0. The van der Waals surface area contributed by atoms with Gasteiger partial charge >= 0.3 is 0 Å². The molecule has 4 aliphatic rings. The first-order valence-electron chi connectivity index (χ1n) is 6.80. The summed E-state index contributed by atoms with van der Waals surface area (Å²) in [5.74, 6) is 1.84. The molecule has 4 nitrogen and oxygen atoms in total. The van der Waals surface area contributed by atoms with Crippen molar-refractivity contribution in [3.8, 4) is 6.07 Å². The minimum absolute atomic E-state index is 0.0237. The lowest BCUT2D eigenvalue weighted by Gasteiger charge is -2.56. The van der Waals surface area contributed by atoms with Crippen LogP contribution in [-0.4, -0.2) is 31.1 Å². The molecule has 4 saturated carbocycles. The van der Waals surface area contributed by atoms with E-state index in [1.165, 1.54) is 23.6 Å². The molecule has 0 aromatic heterocycles. The number of nitriles is 1. The maximum absolute atomic E-state index is 12.7. The Morgan fingerprint density at radius 1 is 1.17 bits per heavy atom. The Bertz CT molecular complexity index is 456. The largest absolute Gasteiger partial charge is 0.220 e. The standard InChI is InChI=1S/C13H20N2O2S/c1-15(3-2-14)18(16,17)13-7-10-4-11(8-13)6-12(5-10)9-13/h10-12H,3-9H2,1H3. The predicted molar refractivity (Wildman–Crippen MR) is 68.1 cm³/mol. The van der Waals surface area contributed by atoms with E-state index in [1.807, 2.05) is 6.07 Å². The highest BCUT2D eigenvalue weighted by atomic mass is 32.2. The summed E-state index contributed by atoms with van der Waals surface area (Å²) in [4.78, 5) is 0. The van der Waals surface area contributed by atoms with E-state index in [9.17, 15) is 8.42 Å². The van der Waals surface area contributed by atoms with E-state index < -0.39 is 14.8 Å². The summed E-state index contributed by atoms with van der Waals surface area (Å²) in [6, 6.07) is 1.95. The first-order valence-corrected chi connectivity index (χ1v) is 8.24. The SMILES string of the molecule is CN(CC#N)S(=O)(=O)C12CC3CC(CC(C3)C1)C2. The second-order valence-electron chi connectivity index (χ2n) is 6.52. The molecule has 4 bridgehead atoms. The molecule has 0 heterocycles. The highest BCUT2D eigenvalue weighted by Gasteiger charge is 2.58. The van der Waals surface area contributed by atoms with Gasteiger partial charge in [-0.3, -0.25) is 0 Å². The van der Waals surface area contributed by atoms with Crippen molar-refractivity contribution in [2.24, 2.45) is 17.8 Å². The fraction of sp³-hybridized carbons (Fsp3) is 0.923. The van der Waals surface area contributed by atoms with Crippen LogP contribution in [0.15, 0.2) is 0 Å². The normalized spacial score (nSPS) is 42.2. The zero-order valence-corrected chi connectivity index (χ0v) is 11.6. The maximum atomic E-state index is 12.7. The van der Waals surface area contributed by atoms with E-state index >= 15 is 0 Å². The average molecular weight is 268 g/mol. The fourth-order valence-electron chi connectivity index (χ4n) is 4.86. The molecule has 0 aliphatic heterocycles. The van der Waals surface area contributed by atoms with Crippen LogP contribution < -0.4 is 0 Å². The van der Waals surface area contributed by atoms with E-state index in [1.54, 1.807) is 7.05 Å². The monoisotopic (exact) mass is 268 g/mol. The maximum Gasteiger partial charge on any atom is 0.220 e. The lowest BCUT2D eigenvalue weighted by atomic mass is 9.56. The molecule has 5 heteroatoms. The van der Waals surface area contributed by atoms with Crippen LogP contribution in [0.5, 0.6) is 0 Å². The zero-order valence-electron chi connectivity index (χ0n) is 10.8. The summed E-state index contributed by atoms with van der Waals surface area (Å²) in [6.45, 7) is -0.0237. The molecule has 0 radical (unpaired) electrons. The van der Waals surface area contributed by atoms with E-state index in [2.05, 4.69) is 0 Å². The van der Waals surface area contributed by atoms with Crippen LogP contribution in [-0.2, 0) is 10.0 Å². The van der Waals surface area contributed by atoms with Crippen LogP contribution in [0.4, 0.5) is 0 Å². The smallest absolute Gasteiger partial charge is 0.212 e. The van der Waals surface area contributed by atoms with Gasteiger partial charge in [-0.2, -0.15) is 9.57 Å². The Labute approximate surface area is 109 Å². The van der Waals surface area contributed by atoms with Gasteiger partial charge in [0, 0.05) is 7.05 Å². The minimum atomic E-state index is -3.31. The van der Waals surface area contributed by atoms with Crippen molar-refractivity contribution in [2.75, 3.05) is 13.6 Å². The summed E-state index contributed by atoms with van der Waals surface area (Å²) >= 11 is 0. The molecule has 4 rings (SSSR count). The van der Waals surface area contributed by atoms with Gasteiger partial charge in [0.2, 0.25) is 10.0 Å². The van der Waals surface area contributed by atoms with Crippen LogP contribution in [0.1, 0.15) is 38.5 Å². The van der Waals surface area contributed by atoms with Crippen molar-refractivity contribution in [3.05, 3.63) is 0 Å². The summed E-state index contributed by atoms with van der Waals surface area (Å²) in [5.41, 5.74) is 0. The molecule has 0 saturated heterocycles. The molecule has 0 amide bonds. The molecule has 0 spiro atoms. The second kappa shape index (κ2) is 3.94. The number of nitrogens with zero attached hydrogens (tertiary/aromatic N) is 2. The average Bonchev–Trinajstić information content (AvgIpc) is 2.27. The van der Waals surface area contributed by atoms with Gasteiger partial charge in [-0.1, -0.05) is 0 Å². The molecule has 0 atom stereocenters. The van der Waals surface area contributed by atoms with Crippen molar-refractivity contribution >= 4 is 10.0 Å². The Hall–Kier alpha value is -0.600. The first kappa shape index (κ1) is 12.4. The van der Waals surface area contributed by atoms with Gasteiger partial charge in [0.05, 0.1) is 10.8 Å². The Balaban J connectivity index is 1.94. The number of rotatable bonds is 3. The first-order chi connectivity index (χ1) is 8.47. The molecule has 4 fully saturated rings. The molecule has 0 N–H and O–H groups in total. The van der Waals surface area contributed by atoms with Crippen LogP contribution >= 0.6 is 0 Å². The van der Waals surface area contributed by atoms with Gasteiger partial charge in [0.25, 0.3) is 0 Å². The van der Waals surface area contributed by atoms with Crippen LogP contribution in [0, 0.1) is 29.1 Å². The van der Waals surface area contributed by atoms with Crippen molar-refractivity contribution in [1.29, 1.82) is 5.26 Å². The summed E-state index contributed by atoms with van der Waals surface area (Å²) in [7, 11) is -1.76. The third-order valence-electron chi connectivity index (χ3n) is 5.23. The lowest BCUT2D eigenvalue weighted by molar-refractivity contribution is 0.0318. The van der Waals surface area contributed by atoms with E-state index in [-0.39, 0.29) is 6.54 Å². The quantitative estimate of drug-likeness (QED) is 0.732. The number of hydrogen-bond acceptors (Lipinski definition) is 3. The van der Waals surface area contributed by atoms with Crippen molar-refractivity contribution in [1.82, 2.24) is 4.31 Å². The molecular weight excluding hydrogens is 248 g/mol. The molecular formula is C13H20N2O2S. The molecule has 100 valence electrons.